The summed E-state index contributed by atoms with van der Waals surface area (Å²) in [7, 11) is 0. The summed E-state index contributed by atoms with van der Waals surface area (Å²) >= 11 is 0. The molecule has 0 atom stereocenters. The predicted molar refractivity (Wildman–Crippen MR) is 64.1 cm³/mol. The molecular weight excluding hydrogens is 217 g/mol. The fraction of sp³-hybridized carbons (Fsp3) is 0.308. The molecular formula is C13H14FN3. The van der Waals surface area contributed by atoms with Crippen LogP contribution in [0, 0.1) is 12.7 Å². The van der Waals surface area contributed by atoms with Crippen molar-refractivity contribution in [2.45, 2.75) is 20.0 Å². The molecule has 0 bridgehead atoms. The smallest absolute Gasteiger partial charge is 0.132 e. The van der Waals surface area contributed by atoms with Crippen LogP contribution in [0.5, 0.6) is 0 Å². The van der Waals surface area contributed by atoms with Gasteiger partial charge in [0, 0.05) is 18.7 Å². The first-order chi connectivity index (χ1) is 8.25. The van der Waals surface area contributed by atoms with Gasteiger partial charge in [0.2, 0.25) is 0 Å². The van der Waals surface area contributed by atoms with Crippen molar-refractivity contribution in [3.8, 4) is 11.3 Å². The monoisotopic (exact) mass is 231 g/mol. The number of nitrogens with one attached hydrogen (secondary N) is 1. The number of fused-ring (bicyclic) bond motifs is 1. The van der Waals surface area contributed by atoms with Crippen LogP contribution in [0.3, 0.4) is 0 Å². The van der Waals surface area contributed by atoms with Gasteiger partial charge in [-0.1, -0.05) is 11.6 Å². The van der Waals surface area contributed by atoms with E-state index in [2.05, 4.69) is 14.9 Å². The van der Waals surface area contributed by atoms with E-state index in [1.807, 2.05) is 13.0 Å². The molecule has 4 heteroatoms. The highest BCUT2D eigenvalue weighted by molar-refractivity contribution is 5.61. The molecule has 1 aliphatic rings. The highest BCUT2D eigenvalue weighted by Crippen LogP contribution is 2.25. The highest BCUT2D eigenvalue weighted by atomic mass is 19.1. The van der Waals surface area contributed by atoms with Crippen molar-refractivity contribution in [3.63, 3.8) is 0 Å². The quantitative estimate of drug-likeness (QED) is 0.814. The van der Waals surface area contributed by atoms with Crippen molar-refractivity contribution >= 4 is 0 Å². The Morgan fingerprint density at radius 2 is 2.29 bits per heavy atom. The average molecular weight is 231 g/mol. The Balaban J connectivity index is 2.15. The van der Waals surface area contributed by atoms with Crippen LogP contribution in [0.2, 0.25) is 0 Å². The molecule has 0 saturated carbocycles. The SMILES string of the molecule is Cc1ccc(F)c(-c2cnc3n2CCNC3)c1. The first kappa shape index (κ1) is 10.5. The van der Waals surface area contributed by atoms with Gasteiger partial charge < -0.3 is 9.88 Å². The van der Waals surface area contributed by atoms with Crippen LogP contribution >= 0.6 is 0 Å². The largest absolute Gasteiger partial charge is 0.326 e. The molecule has 0 unspecified atom stereocenters. The predicted octanol–water partition coefficient (Wildman–Crippen LogP) is 2.10. The lowest BCUT2D eigenvalue weighted by Gasteiger charge is -2.18. The minimum absolute atomic E-state index is 0.183. The number of hydrogen-bond donors (Lipinski definition) is 1. The van der Waals surface area contributed by atoms with Gasteiger partial charge in [-0.05, 0) is 19.1 Å². The Labute approximate surface area is 99.3 Å². The van der Waals surface area contributed by atoms with E-state index in [1.54, 1.807) is 12.3 Å². The number of imidazole rings is 1. The minimum Gasteiger partial charge on any atom is -0.326 e. The first-order valence-corrected chi connectivity index (χ1v) is 5.77. The Morgan fingerprint density at radius 1 is 1.41 bits per heavy atom. The molecule has 88 valence electrons. The van der Waals surface area contributed by atoms with Crippen molar-refractivity contribution < 1.29 is 4.39 Å². The van der Waals surface area contributed by atoms with E-state index < -0.39 is 0 Å². The maximum absolute atomic E-state index is 13.8. The second kappa shape index (κ2) is 3.96. The fourth-order valence-corrected chi connectivity index (χ4v) is 2.25. The number of rotatable bonds is 1. The summed E-state index contributed by atoms with van der Waals surface area (Å²) in [4.78, 5) is 4.34. The topological polar surface area (TPSA) is 29.9 Å². The zero-order chi connectivity index (χ0) is 11.8. The van der Waals surface area contributed by atoms with Crippen molar-refractivity contribution in [1.82, 2.24) is 14.9 Å². The molecule has 17 heavy (non-hydrogen) atoms. The van der Waals surface area contributed by atoms with Crippen LogP contribution in [0.15, 0.2) is 24.4 Å². The van der Waals surface area contributed by atoms with E-state index in [4.69, 9.17) is 0 Å². The van der Waals surface area contributed by atoms with Gasteiger partial charge in [-0.2, -0.15) is 0 Å². The minimum atomic E-state index is -0.183. The molecule has 3 nitrogen and oxygen atoms in total. The second-order valence-electron chi connectivity index (χ2n) is 4.37. The van der Waals surface area contributed by atoms with Gasteiger partial charge in [0.05, 0.1) is 18.4 Å². The van der Waals surface area contributed by atoms with E-state index in [-0.39, 0.29) is 5.82 Å². The molecule has 3 rings (SSSR count). The molecule has 0 radical (unpaired) electrons. The molecule has 0 aliphatic carbocycles. The molecule has 1 aromatic carbocycles. The van der Waals surface area contributed by atoms with E-state index in [9.17, 15) is 4.39 Å². The standard InChI is InChI=1S/C13H14FN3/c1-9-2-3-11(14)10(6-9)12-7-16-13-8-15-4-5-17(12)13/h2-3,6-7,15H,4-5,8H2,1H3. The maximum Gasteiger partial charge on any atom is 0.132 e. The number of halogens is 1. The summed E-state index contributed by atoms with van der Waals surface area (Å²) in [5.41, 5.74) is 2.58. The van der Waals surface area contributed by atoms with Gasteiger partial charge >= 0.3 is 0 Å². The van der Waals surface area contributed by atoms with Gasteiger partial charge in [-0.25, -0.2) is 9.37 Å². The van der Waals surface area contributed by atoms with Crippen LogP contribution in [0.25, 0.3) is 11.3 Å². The Morgan fingerprint density at radius 3 is 3.18 bits per heavy atom. The zero-order valence-corrected chi connectivity index (χ0v) is 9.70. The van der Waals surface area contributed by atoms with Crippen molar-refractivity contribution in [3.05, 3.63) is 41.6 Å². The summed E-state index contributed by atoms with van der Waals surface area (Å²) < 4.78 is 15.9. The number of nitrogens with zero attached hydrogens (tertiary/aromatic N) is 2. The molecule has 0 saturated heterocycles. The maximum atomic E-state index is 13.8. The third-order valence-electron chi connectivity index (χ3n) is 3.13. The summed E-state index contributed by atoms with van der Waals surface area (Å²) in [5, 5.41) is 3.25. The number of aryl methyl sites for hydroxylation is 1. The lowest BCUT2D eigenvalue weighted by molar-refractivity contribution is 0.507. The van der Waals surface area contributed by atoms with Gasteiger partial charge in [-0.3, -0.25) is 0 Å². The molecule has 2 aromatic rings. The Bertz CT molecular complexity index is 560. The van der Waals surface area contributed by atoms with Crippen LogP contribution in [0.4, 0.5) is 4.39 Å². The first-order valence-electron chi connectivity index (χ1n) is 5.77. The van der Waals surface area contributed by atoms with Crippen molar-refractivity contribution in [2.24, 2.45) is 0 Å². The van der Waals surface area contributed by atoms with Gasteiger partial charge in [0.15, 0.2) is 0 Å². The van der Waals surface area contributed by atoms with Gasteiger partial charge in [0.1, 0.15) is 11.6 Å². The number of hydrogen-bond acceptors (Lipinski definition) is 2. The summed E-state index contributed by atoms with van der Waals surface area (Å²) in [6, 6.07) is 5.18. The third kappa shape index (κ3) is 1.74. The van der Waals surface area contributed by atoms with E-state index in [0.29, 0.717) is 5.56 Å². The second-order valence-corrected chi connectivity index (χ2v) is 4.37. The summed E-state index contributed by atoms with van der Waals surface area (Å²) in [6.07, 6.45) is 1.76. The third-order valence-corrected chi connectivity index (χ3v) is 3.13. The van der Waals surface area contributed by atoms with Crippen LogP contribution in [-0.2, 0) is 13.1 Å². The van der Waals surface area contributed by atoms with Crippen LogP contribution < -0.4 is 5.32 Å². The number of benzene rings is 1. The van der Waals surface area contributed by atoms with Gasteiger partial charge in [-0.15, -0.1) is 0 Å². The lowest BCUT2D eigenvalue weighted by Crippen LogP contribution is -2.28. The van der Waals surface area contributed by atoms with E-state index >= 15 is 0 Å². The zero-order valence-electron chi connectivity index (χ0n) is 9.70. The Hall–Kier alpha value is -1.68. The van der Waals surface area contributed by atoms with Crippen molar-refractivity contribution in [2.75, 3.05) is 6.54 Å². The fourth-order valence-electron chi connectivity index (χ4n) is 2.25. The van der Waals surface area contributed by atoms with E-state index in [0.717, 1.165) is 36.7 Å². The van der Waals surface area contributed by atoms with Crippen LogP contribution in [-0.4, -0.2) is 16.1 Å². The van der Waals surface area contributed by atoms with Crippen molar-refractivity contribution in [1.29, 1.82) is 0 Å². The highest BCUT2D eigenvalue weighted by Gasteiger charge is 2.16. The molecule has 0 amide bonds. The van der Waals surface area contributed by atoms with Crippen LogP contribution in [0.1, 0.15) is 11.4 Å². The molecule has 2 heterocycles. The molecule has 0 spiro atoms. The van der Waals surface area contributed by atoms with Gasteiger partial charge in [0.25, 0.3) is 0 Å². The number of aromatic nitrogens is 2. The summed E-state index contributed by atoms with van der Waals surface area (Å²) in [6.45, 7) is 4.48. The molecule has 1 N–H and O–H groups in total. The Kier molecular flexibility index (Phi) is 2.44. The summed E-state index contributed by atoms with van der Waals surface area (Å²) in [5.74, 6) is 0.795. The lowest BCUT2D eigenvalue weighted by atomic mass is 10.1. The molecule has 1 aliphatic heterocycles. The van der Waals surface area contributed by atoms with E-state index in [1.165, 1.54) is 6.07 Å². The molecule has 1 aromatic heterocycles. The molecule has 0 fully saturated rings. The average Bonchev–Trinajstić information content (AvgIpc) is 2.76. The normalized spacial score (nSPS) is 14.7.